The zero-order chi connectivity index (χ0) is 18.7. The number of amides is 2. The van der Waals surface area contributed by atoms with E-state index in [2.05, 4.69) is 20.4 Å². The van der Waals surface area contributed by atoms with Crippen molar-refractivity contribution in [2.24, 2.45) is 0 Å². The minimum Gasteiger partial charge on any atom is -0.354 e. The maximum absolute atomic E-state index is 12.8. The fourth-order valence-electron chi connectivity index (χ4n) is 4.09. The molecule has 0 aromatic carbocycles. The van der Waals surface area contributed by atoms with Gasteiger partial charge in [-0.05, 0) is 44.2 Å². The van der Waals surface area contributed by atoms with E-state index in [9.17, 15) is 9.59 Å². The molecule has 1 unspecified atom stereocenters. The summed E-state index contributed by atoms with van der Waals surface area (Å²) < 4.78 is 5.28. The van der Waals surface area contributed by atoms with E-state index >= 15 is 0 Å². The van der Waals surface area contributed by atoms with E-state index in [0.29, 0.717) is 44.1 Å². The van der Waals surface area contributed by atoms with Crippen LogP contribution in [0.5, 0.6) is 0 Å². The number of hydrogen-bond donors (Lipinski definition) is 1. The minimum absolute atomic E-state index is 0.0117. The lowest BCUT2D eigenvalue weighted by molar-refractivity contribution is -0.147. The van der Waals surface area contributed by atoms with Crippen molar-refractivity contribution < 1.29 is 14.1 Å². The molecule has 0 radical (unpaired) electrons. The van der Waals surface area contributed by atoms with E-state index in [1.54, 1.807) is 17.3 Å². The summed E-state index contributed by atoms with van der Waals surface area (Å²) in [5.74, 6) is 1.06. The summed E-state index contributed by atoms with van der Waals surface area (Å²) in [5, 5.41) is 6.89. The molecule has 27 heavy (non-hydrogen) atoms. The molecule has 2 saturated heterocycles. The predicted octanol–water partition coefficient (Wildman–Crippen LogP) is 1.73. The van der Waals surface area contributed by atoms with Gasteiger partial charge in [-0.1, -0.05) is 5.16 Å². The summed E-state index contributed by atoms with van der Waals surface area (Å²) in [6.07, 6.45) is 8.23. The Hall–Kier alpha value is -2.77. The molecule has 142 valence electrons. The molecule has 4 heterocycles. The van der Waals surface area contributed by atoms with Gasteiger partial charge in [0.25, 0.3) is 0 Å². The quantitative estimate of drug-likeness (QED) is 0.861. The number of carbonyl (C=O) groups is 2. The molecular weight excluding hydrogens is 346 g/mol. The van der Waals surface area contributed by atoms with Crippen molar-refractivity contribution >= 4 is 11.8 Å². The van der Waals surface area contributed by atoms with Crippen molar-refractivity contribution in [2.45, 2.75) is 50.5 Å². The van der Waals surface area contributed by atoms with Gasteiger partial charge in [0, 0.05) is 43.9 Å². The number of rotatable bonds is 5. The first-order valence-corrected chi connectivity index (χ1v) is 9.51. The highest BCUT2D eigenvalue weighted by molar-refractivity contribution is 5.92. The molecule has 1 spiro atoms. The molecule has 8 nitrogen and oxygen atoms in total. The second-order valence-corrected chi connectivity index (χ2v) is 7.15. The Balaban J connectivity index is 1.33. The molecule has 1 N–H and O–H groups in total. The molecule has 0 saturated carbocycles. The van der Waals surface area contributed by atoms with Crippen molar-refractivity contribution in [3.63, 3.8) is 0 Å². The summed E-state index contributed by atoms with van der Waals surface area (Å²) >= 11 is 0. The highest BCUT2D eigenvalue weighted by Crippen LogP contribution is 2.36. The lowest BCUT2D eigenvalue weighted by Gasteiger charge is -2.40. The molecular formula is C19H23N5O3. The second kappa shape index (κ2) is 7.46. The molecule has 1 atom stereocenters. The Morgan fingerprint density at radius 1 is 1.33 bits per heavy atom. The van der Waals surface area contributed by atoms with Crippen LogP contribution < -0.4 is 5.32 Å². The third kappa shape index (κ3) is 3.43. The smallest absolute Gasteiger partial charge is 0.245 e. The number of pyridine rings is 1. The van der Waals surface area contributed by atoms with Crippen LogP contribution in [0.4, 0.5) is 0 Å². The van der Waals surface area contributed by atoms with E-state index in [1.807, 2.05) is 12.1 Å². The van der Waals surface area contributed by atoms with Crippen LogP contribution in [-0.2, 0) is 16.0 Å². The van der Waals surface area contributed by atoms with Crippen molar-refractivity contribution in [1.29, 1.82) is 0 Å². The standard InChI is InChI=1S/C19H23N5O3/c25-16(24-12-4-9-19(24)8-3-11-21-18(19)26)7-1-6-15-22-17(23-27-15)14-5-2-10-20-13-14/h2,5,10,13H,1,3-4,6-9,11-12H2,(H,21,26). The van der Waals surface area contributed by atoms with Crippen molar-refractivity contribution in [3.05, 3.63) is 30.4 Å². The van der Waals surface area contributed by atoms with Gasteiger partial charge in [-0.2, -0.15) is 4.98 Å². The molecule has 2 aliphatic heterocycles. The predicted molar refractivity (Wildman–Crippen MR) is 96.4 cm³/mol. The van der Waals surface area contributed by atoms with Crippen molar-refractivity contribution in [3.8, 4) is 11.4 Å². The van der Waals surface area contributed by atoms with E-state index in [1.165, 1.54) is 0 Å². The van der Waals surface area contributed by atoms with E-state index < -0.39 is 5.54 Å². The molecule has 2 aromatic heterocycles. The summed E-state index contributed by atoms with van der Waals surface area (Å²) in [5.41, 5.74) is 0.179. The molecule has 8 heteroatoms. The van der Waals surface area contributed by atoms with E-state index in [-0.39, 0.29) is 11.8 Å². The molecule has 2 aromatic rings. The Labute approximate surface area is 157 Å². The van der Waals surface area contributed by atoms with Crippen LogP contribution >= 0.6 is 0 Å². The Kier molecular flexibility index (Phi) is 4.87. The molecule has 2 fully saturated rings. The number of hydrogen-bond acceptors (Lipinski definition) is 6. The van der Waals surface area contributed by atoms with Gasteiger partial charge >= 0.3 is 0 Å². The number of aromatic nitrogens is 3. The highest BCUT2D eigenvalue weighted by Gasteiger charge is 2.50. The maximum Gasteiger partial charge on any atom is 0.245 e. The SMILES string of the molecule is O=C(CCCc1nc(-c2cccnc2)no1)N1CCCC12CCCNC2=O. The number of carbonyl (C=O) groups excluding carboxylic acids is 2. The first kappa shape index (κ1) is 17.6. The van der Waals surface area contributed by atoms with Crippen LogP contribution in [0, 0.1) is 0 Å². The number of nitrogens with zero attached hydrogens (tertiary/aromatic N) is 4. The molecule has 2 aliphatic rings. The van der Waals surface area contributed by atoms with Crippen molar-refractivity contribution in [1.82, 2.24) is 25.3 Å². The Bertz CT molecular complexity index is 822. The third-order valence-electron chi connectivity index (χ3n) is 5.43. The minimum atomic E-state index is -0.618. The average molecular weight is 369 g/mol. The van der Waals surface area contributed by atoms with Crippen LogP contribution in [0.2, 0.25) is 0 Å². The first-order valence-electron chi connectivity index (χ1n) is 9.51. The Morgan fingerprint density at radius 3 is 3.04 bits per heavy atom. The largest absolute Gasteiger partial charge is 0.354 e. The lowest BCUT2D eigenvalue weighted by atomic mass is 9.86. The topological polar surface area (TPSA) is 101 Å². The Morgan fingerprint density at radius 2 is 2.22 bits per heavy atom. The second-order valence-electron chi connectivity index (χ2n) is 7.15. The summed E-state index contributed by atoms with van der Waals surface area (Å²) in [6, 6.07) is 3.69. The van der Waals surface area contributed by atoms with Gasteiger partial charge in [-0.3, -0.25) is 14.6 Å². The van der Waals surface area contributed by atoms with Gasteiger partial charge in [-0.25, -0.2) is 0 Å². The fourth-order valence-corrected chi connectivity index (χ4v) is 4.09. The maximum atomic E-state index is 12.8. The zero-order valence-electron chi connectivity index (χ0n) is 15.2. The molecule has 0 aliphatic carbocycles. The van der Waals surface area contributed by atoms with Crippen LogP contribution in [-0.4, -0.2) is 50.5 Å². The van der Waals surface area contributed by atoms with Crippen molar-refractivity contribution in [2.75, 3.05) is 13.1 Å². The number of piperidine rings is 1. The van der Waals surface area contributed by atoms with E-state index in [0.717, 1.165) is 31.2 Å². The third-order valence-corrected chi connectivity index (χ3v) is 5.43. The van der Waals surface area contributed by atoms with Crippen LogP contribution in [0.25, 0.3) is 11.4 Å². The first-order chi connectivity index (χ1) is 13.2. The van der Waals surface area contributed by atoms with Gasteiger partial charge in [-0.15, -0.1) is 0 Å². The monoisotopic (exact) mass is 369 g/mol. The summed E-state index contributed by atoms with van der Waals surface area (Å²) in [6.45, 7) is 1.37. The highest BCUT2D eigenvalue weighted by atomic mass is 16.5. The van der Waals surface area contributed by atoms with Gasteiger partial charge in [0.15, 0.2) is 0 Å². The van der Waals surface area contributed by atoms with Gasteiger partial charge < -0.3 is 14.7 Å². The van der Waals surface area contributed by atoms with Gasteiger partial charge in [0.05, 0.1) is 0 Å². The molecule has 2 amide bonds. The summed E-state index contributed by atoms with van der Waals surface area (Å²) in [4.78, 5) is 35.4. The van der Waals surface area contributed by atoms with E-state index in [4.69, 9.17) is 4.52 Å². The molecule has 0 bridgehead atoms. The van der Waals surface area contributed by atoms with Gasteiger partial charge in [0.2, 0.25) is 23.5 Å². The zero-order valence-corrected chi connectivity index (χ0v) is 15.2. The number of aryl methyl sites for hydroxylation is 1. The lowest BCUT2D eigenvalue weighted by Crippen LogP contribution is -2.60. The fraction of sp³-hybridized carbons (Fsp3) is 0.526. The number of likely N-dealkylation sites (tertiary alicyclic amines) is 1. The number of nitrogens with one attached hydrogen (secondary N) is 1. The van der Waals surface area contributed by atoms with Crippen LogP contribution in [0.3, 0.4) is 0 Å². The average Bonchev–Trinajstić information content (AvgIpc) is 3.33. The summed E-state index contributed by atoms with van der Waals surface area (Å²) in [7, 11) is 0. The molecule has 4 rings (SSSR count). The van der Waals surface area contributed by atoms with Crippen LogP contribution in [0.15, 0.2) is 29.0 Å². The normalized spacial score (nSPS) is 22.2. The van der Waals surface area contributed by atoms with Crippen LogP contribution in [0.1, 0.15) is 44.4 Å². The van der Waals surface area contributed by atoms with Gasteiger partial charge in [0.1, 0.15) is 5.54 Å².